The number of hydrogen-bond acceptors (Lipinski definition) is 4. The zero-order chi connectivity index (χ0) is 8.81. The summed E-state index contributed by atoms with van der Waals surface area (Å²) in [6.07, 6.45) is 0.499. The standard InChI is InChI=1S/C7H12N2O2S/c1-2-11-7(10)9-8-6-3-4-12-5-6/h2-5H2,1H3,(H,9,10)/b8-6+. The van der Waals surface area contributed by atoms with Crippen molar-refractivity contribution in [2.24, 2.45) is 5.10 Å². The Labute approximate surface area is 75.7 Å². The van der Waals surface area contributed by atoms with Gasteiger partial charge in [-0.1, -0.05) is 0 Å². The van der Waals surface area contributed by atoms with Crippen LogP contribution < -0.4 is 5.43 Å². The highest BCUT2D eigenvalue weighted by molar-refractivity contribution is 8.00. The highest BCUT2D eigenvalue weighted by Crippen LogP contribution is 2.13. The van der Waals surface area contributed by atoms with Crippen LogP contribution in [0.1, 0.15) is 13.3 Å². The molecule has 1 aliphatic heterocycles. The third-order valence-electron chi connectivity index (χ3n) is 1.38. The van der Waals surface area contributed by atoms with Crippen molar-refractivity contribution in [3.05, 3.63) is 0 Å². The van der Waals surface area contributed by atoms with E-state index in [0.717, 1.165) is 23.6 Å². The highest BCUT2D eigenvalue weighted by Gasteiger charge is 2.08. The fourth-order valence-corrected chi connectivity index (χ4v) is 1.80. The third-order valence-corrected chi connectivity index (χ3v) is 2.41. The lowest BCUT2D eigenvalue weighted by atomic mass is 10.3. The number of rotatable bonds is 2. The molecule has 0 unspecified atom stereocenters. The molecule has 1 fully saturated rings. The molecule has 0 saturated carbocycles. The second-order valence-electron chi connectivity index (χ2n) is 2.31. The topological polar surface area (TPSA) is 50.7 Å². The first kappa shape index (κ1) is 9.38. The Kier molecular flexibility index (Phi) is 3.93. The van der Waals surface area contributed by atoms with Crippen molar-refractivity contribution in [2.45, 2.75) is 13.3 Å². The molecule has 12 heavy (non-hydrogen) atoms. The monoisotopic (exact) mass is 188 g/mol. The molecule has 0 aromatic heterocycles. The number of thioether (sulfide) groups is 1. The van der Waals surface area contributed by atoms with E-state index in [9.17, 15) is 4.79 Å². The minimum Gasteiger partial charge on any atom is -0.449 e. The second-order valence-corrected chi connectivity index (χ2v) is 3.42. The van der Waals surface area contributed by atoms with Crippen LogP contribution in [0, 0.1) is 0 Å². The van der Waals surface area contributed by atoms with E-state index in [1.165, 1.54) is 0 Å². The fraction of sp³-hybridized carbons (Fsp3) is 0.714. The first-order chi connectivity index (χ1) is 5.83. The summed E-state index contributed by atoms with van der Waals surface area (Å²) in [6.45, 7) is 2.14. The smallest absolute Gasteiger partial charge is 0.427 e. The molecular formula is C7H12N2O2S. The minimum absolute atomic E-state index is 0.380. The molecule has 1 rings (SSSR count). The molecule has 1 amide bonds. The van der Waals surface area contributed by atoms with E-state index in [4.69, 9.17) is 0 Å². The molecule has 1 aliphatic rings. The Hall–Kier alpha value is -0.710. The number of nitrogens with zero attached hydrogens (tertiary/aromatic N) is 1. The van der Waals surface area contributed by atoms with Crippen LogP contribution in [-0.2, 0) is 4.74 Å². The number of amides is 1. The van der Waals surface area contributed by atoms with Crippen molar-refractivity contribution in [3.8, 4) is 0 Å². The molecule has 0 aromatic rings. The third kappa shape index (κ3) is 3.13. The lowest BCUT2D eigenvalue weighted by Gasteiger charge is -1.99. The average Bonchev–Trinajstić information content (AvgIpc) is 2.53. The van der Waals surface area contributed by atoms with Gasteiger partial charge in [0.2, 0.25) is 0 Å². The normalized spacial score (nSPS) is 19.6. The predicted molar refractivity (Wildman–Crippen MR) is 49.5 cm³/mol. The van der Waals surface area contributed by atoms with Gasteiger partial charge >= 0.3 is 6.09 Å². The lowest BCUT2D eigenvalue weighted by Crippen LogP contribution is -2.20. The molecule has 4 nitrogen and oxygen atoms in total. The molecule has 0 bridgehead atoms. The second kappa shape index (κ2) is 5.03. The zero-order valence-corrected chi connectivity index (χ0v) is 7.82. The van der Waals surface area contributed by atoms with Gasteiger partial charge in [-0.2, -0.15) is 16.9 Å². The molecular weight excluding hydrogens is 176 g/mol. The summed E-state index contributed by atoms with van der Waals surface area (Å²) in [7, 11) is 0. The Morgan fingerprint density at radius 2 is 2.67 bits per heavy atom. The van der Waals surface area contributed by atoms with E-state index in [1.54, 1.807) is 6.92 Å². The average molecular weight is 188 g/mol. The summed E-state index contributed by atoms with van der Waals surface area (Å²) in [5, 5.41) is 3.91. The van der Waals surface area contributed by atoms with E-state index in [0.29, 0.717) is 6.61 Å². The number of nitrogens with one attached hydrogen (secondary N) is 1. The molecule has 0 aliphatic carbocycles. The molecule has 5 heteroatoms. The largest absolute Gasteiger partial charge is 0.449 e. The van der Waals surface area contributed by atoms with Crippen molar-refractivity contribution in [3.63, 3.8) is 0 Å². The number of hydrazone groups is 1. The summed E-state index contributed by atoms with van der Waals surface area (Å²) < 4.78 is 4.64. The molecule has 0 atom stereocenters. The minimum atomic E-state index is -0.470. The molecule has 1 saturated heterocycles. The Balaban J connectivity index is 2.22. The van der Waals surface area contributed by atoms with Crippen LogP contribution in [0.2, 0.25) is 0 Å². The predicted octanol–water partition coefficient (Wildman–Crippen LogP) is 1.23. The summed E-state index contributed by atoms with van der Waals surface area (Å²) in [4.78, 5) is 10.8. The van der Waals surface area contributed by atoms with Crippen LogP contribution in [0.5, 0.6) is 0 Å². The van der Waals surface area contributed by atoms with E-state index in [1.807, 2.05) is 11.8 Å². The highest BCUT2D eigenvalue weighted by atomic mass is 32.2. The van der Waals surface area contributed by atoms with Gasteiger partial charge in [-0.05, 0) is 19.1 Å². The Morgan fingerprint density at radius 1 is 1.83 bits per heavy atom. The lowest BCUT2D eigenvalue weighted by molar-refractivity contribution is 0.152. The zero-order valence-electron chi connectivity index (χ0n) is 7.00. The van der Waals surface area contributed by atoms with Gasteiger partial charge in [-0.25, -0.2) is 10.2 Å². The van der Waals surface area contributed by atoms with Gasteiger partial charge < -0.3 is 4.74 Å². The van der Waals surface area contributed by atoms with Crippen LogP contribution in [0.25, 0.3) is 0 Å². The first-order valence-corrected chi connectivity index (χ1v) is 5.04. The molecule has 0 radical (unpaired) electrons. The van der Waals surface area contributed by atoms with Crippen LogP contribution in [0.15, 0.2) is 5.10 Å². The van der Waals surface area contributed by atoms with Crippen molar-refractivity contribution >= 4 is 23.6 Å². The van der Waals surface area contributed by atoms with Crippen molar-refractivity contribution in [1.29, 1.82) is 0 Å². The molecule has 1 N–H and O–H groups in total. The van der Waals surface area contributed by atoms with Gasteiger partial charge in [0, 0.05) is 11.5 Å². The quantitative estimate of drug-likeness (QED) is 0.663. The number of carbonyl (C=O) groups is 1. The summed E-state index contributed by atoms with van der Waals surface area (Å²) in [5.74, 6) is 2.02. The van der Waals surface area contributed by atoms with Gasteiger partial charge in [0.15, 0.2) is 0 Å². The van der Waals surface area contributed by atoms with Gasteiger partial charge in [-0.15, -0.1) is 0 Å². The van der Waals surface area contributed by atoms with Crippen LogP contribution >= 0.6 is 11.8 Å². The Morgan fingerprint density at radius 3 is 3.25 bits per heavy atom. The Bertz CT molecular complexity index is 186. The molecule has 68 valence electrons. The first-order valence-electron chi connectivity index (χ1n) is 3.89. The SMILES string of the molecule is CCOC(=O)N/N=C1\CCSC1. The van der Waals surface area contributed by atoms with Crippen molar-refractivity contribution in [1.82, 2.24) is 5.43 Å². The summed E-state index contributed by atoms with van der Waals surface area (Å²) in [5.41, 5.74) is 3.37. The van der Waals surface area contributed by atoms with E-state index in [2.05, 4.69) is 15.3 Å². The van der Waals surface area contributed by atoms with Gasteiger partial charge in [-0.3, -0.25) is 0 Å². The van der Waals surface area contributed by atoms with E-state index >= 15 is 0 Å². The maximum Gasteiger partial charge on any atom is 0.427 e. The van der Waals surface area contributed by atoms with Crippen LogP contribution in [0.4, 0.5) is 4.79 Å². The maximum absolute atomic E-state index is 10.8. The van der Waals surface area contributed by atoms with Crippen LogP contribution in [-0.4, -0.2) is 29.9 Å². The van der Waals surface area contributed by atoms with Gasteiger partial charge in [0.1, 0.15) is 0 Å². The van der Waals surface area contributed by atoms with Crippen LogP contribution in [0.3, 0.4) is 0 Å². The molecule has 0 spiro atoms. The summed E-state index contributed by atoms with van der Waals surface area (Å²) >= 11 is 1.82. The van der Waals surface area contributed by atoms with E-state index < -0.39 is 6.09 Å². The van der Waals surface area contributed by atoms with Crippen molar-refractivity contribution < 1.29 is 9.53 Å². The number of hydrogen-bond donors (Lipinski definition) is 1. The fourth-order valence-electron chi connectivity index (χ4n) is 0.828. The number of carbonyl (C=O) groups excluding carboxylic acids is 1. The van der Waals surface area contributed by atoms with Gasteiger partial charge in [0.05, 0.1) is 6.61 Å². The number of ether oxygens (including phenoxy) is 1. The molecule has 1 heterocycles. The van der Waals surface area contributed by atoms with E-state index in [-0.39, 0.29) is 0 Å². The van der Waals surface area contributed by atoms with Gasteiger partial charge in [0.25, 0.3) is 0 Å². The maximum atomic E-state index is 10.8. The molecule has 0 aromatic carbocycles. The summed E-state index contributed by atoms with van der Waals surface area (Å²) in [6, 6.07) is 0. The van der Waals surface area contributed by atoms with Crippen molar-refractivity contribution in [2.75, 3.05) is 18.1 Å².